The van der Waals surface area contributed by atoms with Crippen molar-refractivity contribution in [1.82, 2.24) is 10.6 Å². The van der Waals surface area contributed by atoms with Crippen LogP contribution in [0.15, 0.2) is 77.7 Å². The van der Waals surface area contributed by atoms with Crippen LogP contribution in [0, 0.1) is 13.8 Å². The Morgan fingerprint density at radius 1 is 0.844 bits per heavy atom. The van der Waals surface area contributed by atoms with Crippen molar-refractivity contribution >= 4 is 27.5 Å². The van der Waals surface area contributed by atoms with Crippen LogP contribution in [0.2, 0.25) is 0 Å². The summed E-state index contributed by atoms with van der Waals surface area (Å²) in [6, 6.07) is 20.7. The maximum atomic E-state index is 12.8. The van der Waals surface area contributed by atoms with Crippen LogP contribution in [0.3, 0.4) is 0 Å². The predicted octanol–water partition coefficient (Wildman–Crippen LogP) is 3.15. The topological polar surface area (TPSA) is 104 Å². The van der Waals surface area contributed by atoms with E-state index in [1.54, 1.807) is 37.3 Å². The highest BCUT2D eigenvalue weighted by Gasteiger charge is 2.18. The van der Waals surface area contributed by atoms with Crippen LogP contribution in [0.1, 0.15) is 27.0 Å². The first-order valence-corrected chi connectivity index (χ1v) is 11.5. The molecule has 8 heteroatoms. The molecule has 0 radical (unpaired) electrons. The number of aryl methyl sites for hydroxylation is 2. The summed E-state index contributed by atoms with van der Waals surface area (Å²) >= 11 is 0. The Kier molecular flexibility index (Phi) is 7.27. The predicted molar refractivity (Wildman–Crippen MR) is 124 cm³/mol. The maximum Gasteiger partial charge on any atom is 0.261 e. The quantitative estimate of drug-likeness (QED) is 0.489. The minimum absolute atomic E-state index is 0.0395. The van der Waals surface area contributed by atoms with Gasteiger partial charge in [0.2, 0.25) is 5.91 Å². The van der Waals surface area contributed by atoms with E-state index < -0.39 is 15.9 Å². The summed E-state index contributed by atoms with van der Waals surface area (Å²) in [7, 11) is -3.88. The summed E-state index contributed by atoms with van der Waals surface area (Å²) in [6.07, 6.45) is 0. The Balaban J connectivity index is 1.64. The lowest BCUT2D eigenvalue weighted by Gasteiger charge is -2.12. The molecule has 3 rings (SSSR count). The molecule has 0 saturated carbocycles. The second-order valence-electron chi connectivity index (χ2n) is 7.39. The van der Waals surface area contributed by atoms with Gasteiger partial charge >= 0.3 is 0 Å². The average molecular weight is 452 g/mol. The van der Waals surface area contributed by atoms with Crippen molar-refractivity contribution in [3.8, 4) is 0 Å². The Morgan fingerprint density at radius 3 is 2.22 bits per heavy atom. The highest BCUT2D eigenvalue weighted by Crippen LogP contribution is 2.19. The Bertz CT molecular complexity index is 1210. The van der Waals surface area contributed by atoms with Gasteiger partial charge in [0.25, 0.3) is 15.9 Å². The largest absolute Gasteiger partial charge is 0.350 e. The third kappa shape index (κ3) is 6.18. The molecule has 3 aromatic carbocycles. The summed E-state index contributed by atoms with van der Waals surface area (Å²) in [5.41, 5.74) is 3.17. The van der Waals surface area contributed by atoms with E-state index in [-0.39, 0.29) is 22.9 Å². The fourth-order valence-corrected chi connectivity index (χ4v) is 4.05. The summed E-state index contributed by atoms with van der Waals surface area (Å²) in [5.74, 6) is -0.866. The van der Waals surface area contributed by atoms with Crippen molar-refractivity contribution in [2.75, 3.05) is 11.3 Å². The lowest BCUT2D eigenvalue weighted by atomic mass is 10.1. The van der Waals surface area contributed by atoms with Gasteiger partial charge in [0.1, 0.15) is 0 Å². The first kappa shape index (κ1) is 23.0. The number of hydrogen-bond acceptors (Lipinski definition) is 4. The first-order chi connectivity index (χ1) is 15.2. The lowest BCUT2D eigenvalue weighted by molar-refractivity contribution is -0.120. The molecule has 3 N–H and O–H groups in total. The molecule has 0 spiro atoms. The van der Waals surface area contributed by atoms with Gasteiger partial charge in [-0.15, -0.1) is 0 Å². The highest BCUT2D eigenvalue weighted by molar-refractivity contribution is 7.92. The van der Waals surface area contributed by atoms with Gasteiger partial charge in [-0.3, -0.25) is 14.3 Å². The molecule has 0 bridgehead atoms. The molecular formula is C24H25N3O4S. The van der Waals surface area contributed by atoms with Gasteiger partial charge < -0.3 is 10.6 Å². The number of amides is 2. The molecule has 0 fully saturated rings. The molecule has 0 aliphatic rings. The van der Waals surface area contributed by atoms with E-state index in [4.69, 9.17) is 0 Å². The Hall–Kier alpha value is -3.65. The molecule has 2 amide bonds. The van der Waals surface area contributed by atoms with E-state index in [0.29, 0.717) is 17.8 Å². The SMILES string of the molecule is Cc1ccc(NS(=O)(=O)c2ccc(C)c(C(=O)NCC(=O)NCc3ccccc3)c2)cc1. The van der Waals surface area contributed by atoms with Gasteiger partial charge in [0.05, 0.1) is 11.4 Å². The van der Waals surface area contributed by atoms with Crippen LogP contribution in [0.5, 0.6) is 0 Å². The summed E-state index contributed by atoms with van der Waals surface area (Å²) < 4.78 is 28.0. The Labute approximate surface area is 187 Å². The number of carbonyl (C=O) groups excluding carboxylic acids is 2. The van der Waals surface area contributed by atoms with E-state index in [1.807, 2.05) is 37.3 Å². The van der Waals surface area contributed by atoms with Crippen molar-refractivity contribution in [3.05, 3.63) is 95.1 Å². The van der Waals surface area contributed by atoms with E-state index in [0.717, 1.165) is 11.1 Å². The number of sulfonamides is 1. The van der Waals surface area contributed by atoms with Crippen LogP contribution < -0.4 is 15.4 Å². The molecule has 0 unspecified atom stereocenters. The molecule has 0 aliphatic heterocycles. The third-order valence-electron chi connectivity index (χ3n) is 4.81. The summed E-state index contributed by atoms with van der Waals surface area (Å²) in [6.45, 7) is 3.75. The minimum Gasteiger partial charge on any atom is -0.350 e. The molecule has 0 saturated heterocycles. The molecule has 0 atom stereocenters. The van der Waals surface area contributed by atoms with Crippen molar-refractivity contribution < 1.29 is 18.0 Å². The number of nitrogens with one attached hydrogen (secondary N) is 3. The average Bonchev–Trinajstić information content (AvgIpc) is 2.78. The van der Waals surface area contributed by atoms with E-state index >= 15 is 0 Å². The van der Waals surface area contributed by atoms with Gasteiger partial charge in [-0.05, 0) is 49.2 Å². The molecule has 0 aromatic heterocycles. The normalized spacial score (nSPS) is 10.9. The zero-order chi connectivity index (χ0) is 23.1. The van der Waals surface area contributed by atoms with Gasteiger partial charge in [-0.25, -0.2) is 8.42 Å². The van der Waals surface area contributed by atoms with E-state index in [9.17, 15) is 18.0 Å². The van der Waals surface area contributed by atoms with Crippen LogP contribution >= 0.6 is 0 Å². The lowest BCUT2D eigenvalue weighted by Crippen LogP contribution is -2.36. The number of rotatable bonds is 8. The second-order valence-corrected chi connectivity index (χ2v) is 9.08. The van der Waals surface area contributed by atoms with Gasteiger partial charge in [-0.2, -0.15) is 0 Å². The van der Waals surface area contributed by atoms with Crippen molar-refractivity contribution in [2.24, 2.45) is 0 Å². The van der Waals surface area contributed by atoms with Gasteiger partial charge in [0.15, 0.2) is 0 Å². The van der Waals surface area contributed by atoms with Gasteiger partial charge in [-0.1, -0.05) is 54.1 Å². The van der Waals surface area contributed by atoms with Crippen LogP contribution in [0.25, 0.3) is 0 Å². The zero-order valence-electron chi connectivity index (χ0n) is 17.9. The number of benzene rings is 3. The second kappa shape index (κ2) is 10.1. The molecule has 166 valence electrons. The third-order valence-corrected chi connectivity index (χ3v) is 6.19. The molecule has 32 heavy (non-hydrogen) atoms. The molecular weight excluding hydrogens is 426 g/mol. The number of anilines is 1. The fourth-order valence-electron chi connectivity index (χ4n) is 2.96. The summed E-state index contributed by atoms with van der Waals surface area (Å²) in [5, 5.41) is 5.27. The van der Waals surface area contributed by atoms with Gasteiger partial charge in [0, 0.05) is 17.8 Å². The number of carbonyl (C=O) groups is 2. The van der Waals surface area contributed by atoms with Crippen molar-refractivity contribution in [3.63, 3.8) is 0 Å². The standard InChI is InChI=1S/C24H25N3O4S/c1-17-8-11-20(12-9-17)27-32(30,31)21-13-10-18(2)22(14-21)24(29)26-16-23(28)25-15-19-6-4-3-5-7-19/h3-14,27H,15-16H2,1-2H3,(H,25,28)(H,26,29). The monoisotopic (exact) mass is 451 g/mol. The maximum absolute atomic E-state index is 12.8. The number of hydrogen-bond donors (Lipinski definition) is 3. The first-order valence-electron chi connectivity index (χ1n) is 10.0. The zero-order valence-corrected chi connectivity index (χ0v) is 18.7. The molecule has 7 nitrogen and oxygen atoms in total. The van der Waals surface area contributed by atoms with Crippen LogP contribution in [-0.4, -0.2) is 26.8 Å². The molecule has 0 heterocycles. The van der Waals surface area contributed by atoms with Crippen molar-refractivity contribution in [1.29, 1.82) is 0 Å². The van der Waals surface area contributed by atoms with Crippen molar-refractivity contribution in [2.45, 2.75) is 25.3 Å². The molecule has 3 aromatic rings. The van der Waals surface area contributed by atoms with Crippen LogP contribution in [-0.2, 0) is 21.4 Å². The smallest absolute Gasteiger partial charge is 0.261 e. The van der Waals surface area contributed by atoms with Crippen LogP contribution in [0.4, 0.5) is 5.69 Å². The summed E-state index contributed by atoms with van der Waals surface area (Å²) in [4.78, 5) is 24.6. The van der Waals surface area contributed by atoms with E-state index in [1.165, 1.54) is 12.1 Å². The molecule has 0 aliphatic carbocycles. The highest BCUT2D eigenvalue weighted by atomic mass is 32.2. The van der Waals surface area contributed by atoms with E-state index in [2.05, 4.69) is 15.4 Å². The Morgan fingerprint density at radius 2 is 1.53 bits per heavy atom. The minimum atomic E-state index is -3.88. The fraction of sp³-hybridized carbons (Fsp3) is 0.167.